The van der Waals surface area contributed by atoms with Crippen LogP contribution in [0.25, 0.3) is 0 Å². The summed E-state index contributed by atoms with van der Waals surface area (Å²) in [5.41, 5.74) is 1.21. The first kappa shape index (κ1) is 13.4. The Kier molecular flexibility index (Phi) is 4.38. The Morgan fingerprint density at radius 3 is 3.05 bits per heavy atom. The second-order valence-electron chi connectivity index (χ2n) is 5.85. The van der Waals surface area contributed by atoms with Crippen LogP contribution in [-0.2, 0) is 6.54 Å². The van der Waals surface area contributed by atoms with Gasteiger partial charge < -0.3 is 10.2 Å². The maximum Gasteiger partial charge on any atom is 0.185 e. The third-order valence-electron chi connectivity index (χ3n) is 4.58. The third kappa shape index (κ3) is 2.95. The lowest BCUT2D eigenvalue weighted by molar-refractivity contribution is 0.243. The van der Waals surface area contributed by atoms with Gasteiger partial charge in [-0.25, -0.2) is 4.98 Å². The number of thiazole rings is 1. The minimum absolute atomic E-state index is 0.778. The lowest BCUT2D eigenvalue weighted by Crippen LogP contribution is -2.46. The lowest BCUT2D eigenvalue weighted by Gasteiger charge is -2.44. The highest BCUT2D eigenvalue weighted by Gasteiger charge is 2.34. The molecule has 2 unspecified atom stereocenters. The number of piperidine rings is 1. The molecule has 1 saturated carbocycles. The summed E-state index contributed by atoms with van der Waals surface area (Å²) in [7, 11) is 0. The van der Waals surface area contributed by atoms with Crippen molar-refractivity contribution < 1.29 is 0 Å². The molecule has 1 aromatic heterocycles. The number of anilines is 1. The maximum atomic E-state index is 4.84. The van der Waals surface area contributed by atoms with Crippen molar-refractivity contribution in [3.8, 4) is 0 Å². The summed E-state index contributed by atoms with van der Waals surface area (Å²) in [4.78, 5) is 7.46. The molecule has 2 fully saturated rings. The predicted molar refractivity (Wildman–Crippen MR) is 81.8 cm³/mol. The number of fused-ring (bicyclic) bond motifs is 1. The van der Waals surface area contributed by atoms with Gasteiger partial charge in [-0.3, -0.25) is 0 Å². The SMILES string of the molecule is CCNCc1csc(N2CCCC3CCCCC32)n1. The van der Waals surface area contributed by atoms with Crippen LogP contribution in [0.4, 0.5) is 5.13 Å². The van der Waals surface area contributed by atoms with E-state index in [4.69, 9.17) is 4.98 Å². The van der Waals surface area contributed by atoms with Crippen LogP contribution >= 0.6 is 11.3 Å². The van der Waals surface area contributed by atoms with E-state index in [0.29, 0.717) is 0 Å². The highest BCUT2D eigenvalue weighted by molar-refractivity contribution is 7.13. The van der Waals surface area contributed by atoms with Gasteiger partial charge in [0.25, 0.3) is 0 Å². The Hall–Kier alpha value is -0.610. The molecule has 4 heteroatoms. The molecule has 1 aliphatic heterocycles. The van der Waals surface area contributed by atoms with Crippen molar-refractivity contribution >= 4 is 16.5 Å². The molecule has 1 saturated heterocycles. The maximum absolute atomic E-state index is 4.84. The van der Waals surface area contributed by atoms with Crippen molar-refractivity contribution in [2.75, 3.05) is 18.0 Å². The van der Waals surface area contributed by atoms with E-state index in [1.165, 1.54) is 55.9 Å². The molecule has 1 N–H and O–H groups in total. The van der Waals surface area contributed by atoms with Crippen LogP contribution in [0.5, 0.6) is 0 Å². The van der Waals surface area contributed by atoms with Crippen LogP contribution in [0.15, 0.2) is 5.38 Å². The van der Waals surface area contributed by atoms with Crippen molar-refractivity contribution in [2.24, 2.45) is 5.92 Å². The number of nitrogens with zero attached hydrogens (tertiary/aromatic N) is 2. The molecule has 0 radical (unpaired) electrons. The van der Waals surface area contributed by atoms with Crippen molar-refractivity contribution in [3.63, 3.8) is 0 Å². The van der Waals surface area contributed by atoms with Crippen molar-refractivity contribution in [1.82, 2.24) is 10.3 Å². The quantitative estimate of drug-likeness (QED) is 0.915. The first-order valence-corrected chi connectivity index (χ1v) is 8.68. The van der Waals surface area contributed by atoms with Crippen molar-refractivity contribution in [3.05, 3.63) is 11.1 Å². The van der Waals surface area contributed by atoms with E-state index in [0.717, 1.165) is 25.0 Å². The Balaban J connectivity index is 1.70. The number of hydrogen-bond donors (Lipinski definition) is 1. The summed E-state index contributed by atoms with van der Waals surface area (Å²) in [5.74, 6) is 0.934. The standard InChI is InChI=1S/C15H25N3S/c1-2-16-10-13-11-19-15(17-13)18-9-5-7-12-6-3-4-8-14(12)18/h11-12,14,16H,2-10H2,1H3. The van der Waals surface area contributed by atoms with Crippen LogP contribution in [0.1, 0.15) is 51.1 Å². The summed E-state index contributed by atoms with van der Waals surface area (Å²) in [6.45, 7) is 5.29. The average molecular weight is 279 g/mol. The average Bonchev–Trinajstić information content (AvgIpc) is 2.93. The molecule has 2 heterocycles. The molecule has 0 spiro atoms. The summed E-state index contributed by atoms with van der Waals surface area (Å²) >= 11 is 1.84. The smallest absolute Gasteiger partial charge is 0.185 e. The first-order chi connectivity index (χ1) is 9.38. The van der Waals surface area contributed by atoms with Gasteiger partial charge in [-0.05, 0) is 38.1 Å². The van der Waals surface area contributed by atoms with Crippen molar-refractivity contribution in [1.29, 1.82) is 0 Å². The Morgan fingerprint density at radius 2 is 2.16 bits per heavy atom. The molecular weight excluding hydrogens is 254 g/mol. The van der Waals surface area contributed by atoms with Crippen LogP contribution in [-0.4, -0.2) is 24.1 Å². The number of aromatic nitrogens is 1. The second-order valence-corrected chi connectivity index (χ2v) is 6.69. The van der Waals surface area contributed by atoms with E-state index in [1.54, 1.807) is 0 Å². The summed E-state index contributed by atoms with van der Waals surface area (Å²) in [6.07, 6.45) is 8.47. The highest BCUT2D eigenvalue weighted by Crippen LogP contribution is 2.38. The summed E-state index contributed by atoms with van der Waals surface area (Å²) in [5, 5.41) is 6.86. The zero-order valence-corrected chi connectivity index (χ0v) is 12.7. The van der Waals surface area contributed by atoms with Crippen LogP contribution in [0.2, 0.25) is 0 Å². The summed E-state index contributed by atoms with van der Waals surface area (Å²) < 4.78 is 0. The highest BCUT2D eigenvalue weighted by atomic mass is 32.1. The van der Waals surface area contributed by atoms with Gasteiger partial charge in [0.2, 0.25) is 0 Å². The van der Waals surface area contributed by atoms with Crippen LogP contribution < -0.4 is 10.2 Å². The fraction of sp³-hybridized carbons (Fsp3) is 0.800. The number of rotatable bonds is 4. The van der Waals surface area contributed by atoms with Gasteiger partial charge in [0.05, 0.1) is 5.69 Å². The van der Waals surface area contributed by atoms with Crippen molar-refractivity contribution in [2.45, 2.75) is 58.0 Å². The van der Waals surface area contributed by atoms with Gasteiger partial charge in [0, 0.05) is 24.5 Å². The van der Waals surface area contributed by atoms with Gasteiger partial charge in [-0.2, -0.15) is 0 Å². The lowest BCUT2D eigenvalue weighted by atomic mass is 9.78. The monoisotopic (exact) mass is 279 g/mol. The molecule has 3 rings (SSSR count). The minimum atomic E-state index is 0.778. The molecule has 1 aromatic rings. The molecule has 0 amide bonds. The van der Waals surface area contributed by atoms with E-state index in [9.17, 15) is 0 Å². The second kappa shape index (κ2) is 6.23. The topological polar surface area (TPSA) is 28.2 Å². The van der Waals surface area contributed by atoms with E-state index in [1.807, 2.05) is 11.3 Å². The van der Waals surface area contributed by atoms with Gasteiger partial charge in [-0.1, -0.05) is 19.8 Å². The Bertz CT molecular complexity index is 402. The largest absolute Gasteiger partial charge is 0.345 e. The van der Waals surface area contributed by atoms with E-state index < -0.39 is 0 Å². The first-order valence-electron chi connectivity index (χ1n) is 7.80. The predicted octanol–water partition coefficient (Wildman–Crippen LogP) is 3.41. The van der Waals surface area contributed by atoms with E-state index >= 15 is 0 Å². The molecule has 0 aromatic carbocycles. The van der Waals surface area contributed by atoms with Gasteiger partial charge >= 0.3 is 0 Å². The molecule has 106 valence electrons. The molecule has 2 atom stereocenters. The van der Waals surface area contributed by atoms with Gasteiger partial charge in [-0.15, -0.1) is 11.3 Å². The molecular formula is C15H25N3S. The molecule has 19 heavy (non-hydrogen) atoms. The molecule has 2 aliphatic rings. The third-order valence-corrected chi connectivity index (χ3v) is 5.51. The van der Waals surface area contributed by atoms with E-state index in [2.05, 4.69) is 22.5 Å². The minimum Gasteiger partial charge on any atom is -0.345 e. The zero-order valence-electron chi connectivity index (χ0n) is 11.9. The molecule has 0 bridgehead atoms. The van der Waals surface area contributed by atoms with Crippen LogP contribution in [0, 0.1) is 5.92 Å². The number of nitrogens with one attached hydrogen (secondary N) is 1. The number of hydrogen-bond acceptors (Lipinski definition) is 4. The van der Waals surface area contributed by atoms with Crippen LogP contribution in [0.3, 0.4) is 0 Å². The zero-order chi connectivity index (χ0) is 13.1. The Labute approximate surface area is 120 Å². The normalized spacial score (nSPS) is 27.3. The van der Waals surface area contributed by atoms with E-state index in [-0.39, 0.29) is 0 Å². The fourth-order valence-corrected chi connectivity index (χ4v) is 4.53. The molecule has 1 aliphatic carbocycles. The Morgan fingerprint density at radius 1 is 1.32 bits per heavy atom. The molecule has 3 nitrogen and oxygen atoms in total. The summed E-state index contributed by atoms with van der Waals surface area (Å²) in [6, 6.07) is 0.778. The fourth-order valence-electron chi connectivity index (χ4n) is 3.62. The van der Waals surface area contributed by atoms with Gasteiger partial charge in [0.15, 0.2) is 5.13 Å². The van der Waals surface area contributed by atoms with Gasteiger partial charge in [0.1, 0.15) is 0 Å².